The highest BCUT2D eigenvalue weighted by atomic mass is 16.5. The molecule has 1 heterocycles. The number of hydrogen-bond acceptors (Lipinski definition) is 4. The maximum atomic E-state index is 11.2. The molecule has 1 aliphatic heterocycles. The van der Waals surface area contributed by atoms with E-state index in [0.717, 1.165) is 13.0 Å². The van der Waals surface area contributed by atoms with E-state index < -0.39 is 0 Å². The summed E-state index contributed by atoms with van der Waals surface area (Å²) in [6.45, 7) is 0.802. The van der Waals surface area contributed by atoms with Gasteiger partial charge in [0, 0.05) is 20.1 Å². The van der Waals surface area contributed by atoms with Gasteiger partial charge in [-0.05, 0) is 7.05 Å². The molecule has 0 aromatic rings. The minimum absolute atomic E-state index is 0.125. The molecule has 0 unspecified atom stereocenters. The summed E-state index contributed by atoms with van der Waals surface area (Å²) < 4.78 is 9.82. The predicted molar refractivity (Wildman–Crippen MR) is 43.8 cm³/mol. The Morgan fingerprint density at radius 1 is 1.50 bits per heavy atom. The Morgan fingerprint density at radius 2 is 2.17 bits per heavy atom. The van der Waals surface area contributed by atoms with E-state index in [-0.39, 0.29) is 18.1 Å². The molecule has 0 aromatic heterocycles. The van der Waals surface area contributed by atoms with Gasteiger partial charge < -0.3 is 9.47 Å². The zero-order valence-corrected chi connectivity index (χ0v) is 7.74. The molecule has 1 rings (SSSR count). The second-order valence-corrected chi connectivity index (χ2v) is 3.07. The first-order valence-electron chi connectivity index (χ1n) is 4.00. The van der Waals surface area contributed by atoms with E-state index in [1.54, 1.807) is 7.11 Å². The fourth-order valence-electron chi connectivity index (χ4n) is 1.53. The molecular formula is C8H15NO3. The molecule has 0 bridgehead atoms. The van der Waals surface area contributed by atoms with E-state index in [4.69, 9.17) is 4.74 Å². The lowest BCUT2D eigenvalue weighted by Gasteiger charge is -2.15. The fourth-order valence-corrected chi connectivity index (χ4v) is 1.53. The van der Waals surface area contributed by atoms with Crippen molar-refractivity contribution in [2.45, 2.75) is 18.6 Å². The second kappa shape index (κ2) is 3.87. The largest absolute Gasteiger partial charge is 0.468 e. The van der Waals surface area contributed by atoms with Crippen LogP contribution in [0.15, 0.2) is 0 Å². The highest BCUT2D eigenvalue weighted by molar-refractivity contribution is 5.76. The first kappa shape index (κ1) is 9.48. The Hall–Kier alpha value is -0.610. The van der Waals surface area contributed by atoms with Crippen LogP contribution in [0, 0.1) is 0 Å². The van der Waals surface area contributed by atoms with Crippen molar-refractivity contribution in [3.63, 3.8) is 0 Å². The topological polar surface area (TPSA) is 38.8 Å². The lowest BCUT2D eigenvalue weighted by atomic mass is 10.2. The molecule has 2 atom stereocenters. The number of esters is 1. The van der Waals surface area contributed by atoms with Crippen LogP contribution in [0.1, 0.15) is 6.42 Å². The van der Waals surface area contributed by atoms with E-state index in [0.29, 0.717) is 0 Å². The number of nitrogens with zero attached hydrogens (tertiary/aromatic N) is 1. The van der Waals surface area contributed by atoms with E-state index in [2.05, 4.69) is 4.74 Å². The van der Waals surface area contributed by atoms with Crippen molar-refractivity contribution in [2.75, 3.05) is 27.8 Å². The Bertz CT molecular complexity index is 172. The maximum absolute atomic E-state index is 11.2. The van der Waals surface area contributed by atoms with Gasteiger partial charge in [-0.25, -0.2) is 0 Å². The summed E-state index contributed by atoms with van der Waals surface area (Å²) in [5.74, 6) is -0.169. The molecule has 0 aromatic carbocycles. The predicted octanol–water partition coefficient (Wildman–Crippen LogP) is -0.122. The van der Waals surface area contributed by atoms with Crippen LogP contribution < -0.4 is 0 Å². The summed E-state index contributed by atoms with van der Waals surface area (Å²) in [7, 11) is 4.98. The van der Waals surface area contributed by atoms with Gasteiger partial charge in [0.25, 0.3) is 0 Å². The molecule has 1 saturated heterocycles. The quantitative estimate of drug-likeness (QED) is 0.546. The minimum atomic E-state index is -0.169. The van der Waals surface area contributed by atoms with Crippen molar-refractivity contribution in [1.29, 1.82) is 0 Å². The van der Waals surface area contributed by atoms with Crippen LogP contribution in [0.3, 0.4) is 0 Å². The van der Waals surface area contributed by atoms with Crippen molar-refractivity contribution < 1.29 is 14.3 Å². The third kappa shape index (κ3) is 1.76. The Labute approximate surface area is 72.4 Å². The SMILES string of the molecule is COC(=O)[C@@H]1C[C@H](OC)CN1C. The van der Waals surface area contributed by atoms with Crippen LogP contribution in [-0.4, -0.2) is 50.8 Å². The molecule has 70 valence electrons. The summed E-state index contributed by atoms with van der Waals surface area (Å²) in [4.78, 5) is 13.1. The monoisotopic (exact) mass is 173 g/mol. The summed E-state index contributed by atoms with van der Waals surface area (Å²) in [6.07, 6.45) is 0.902. The van der Waals surface area contributed by atoms with Crippen LogP contribution in [0.2, 0.25) is 0 Å². The summed E-state index contributed by atoms with van der Waals surface area (Å²) in [5.41, 5.74) is 0. The van der Waals surface area contributed by atoms with Gasteiger partial charge in [0.1, 0.15) is 6.04 Å². The normalized spacial score (nSPS) is 30.6. The highest BCUT2D eigenvalue weighted by Crippen LogP contribution is 2.18. The van der Waals surface area contributed by atoms with E-state index in [9.17, 15) is 4.79 Å². The van der Waals surface area contributed by atoms with E-state index >= 15 is 0 Å². The number of ether oxygens (including phenoxy) is 2. The third-order valence-electron chi connectivity index (χ3n) is 2.32. The van der Waals surface area contributed by atoms with Crippen LogP contribution in [0.5, 0.6) is 0 Å². The van der Waals surface area contributed by atoms with Gasteiger partial charge in [-0.1, -0.05) is 0 Å². The Kier molecular flexibility index (Phi) is 3.05. The average Bonchev–Trinajstić information content (AvgIpc) is 2.45. The van der Waals surface area contributed by atoms with Gasteiger partial charge >= 0.3 is 5.97 Å². The molecule has 4 heteroatoms. The highest BCUT2D eigenvalue weighted by Gasteiger charge is 2.34. The lowest BCUT2D eigenvalue weighted by Crippen LogP contribution is -2.33. The first-order chi connectivity index (χ1) is 5.69. The molecular weight excluding hydrogens is 158 g/mol. The Morgan fingerprint density at radius 3 is 2.58 bits per heavy atom. The van der Waals surface area contributed by atoms with Crippen molar-refractivity contribution in [1.82, 2.24) is 4.90 Å². The van der Waals surface area contributed by atoms with Gasteiger partial charge in [0.2, 0.25) is 0 Å². The fraction of sp³-hybridized carbons (Fsp3) is 0.875. The Balaban J connectivity index is 2.51. The molecule has 0 saturated carbocycles. The van der Waals surface area contributed by atoms with Crippen molar-refractivity contribution in [3.05, 3.63) is 0 Å². The van der Waals surface area contributed by atoms with E-state index in [1.807, 2.05) is 11.9 Å². The molecule has 0 aliphatic carbocycles. The number of likely N-dealkylation sites (N-methyl/N-ethyl adjacent to an activating group) is 1. The zero-order chi connectivity index (χ0) is 9.14. The standard InChI is InChI=1S/C8H15NO3/c1-9-5-6(11-2)4-7(9)8(10)12-3/h6-7H,4-5H2,1-3H3/t6-,7-/m0/s1. The van der Waals surface area contributed by atoms with Crippen LogP contribution >= 0.6 is 0 Å². The summed E-state index contributed by atoms with van der Waals surface area (Å²) in [5, 5.41) is 0. The number of carbonyl (C=O) groups excluding carboxylic acids is 1. The van der Waals surface area contributed by atoms with Gasteiger partial charge in [-0.3, -0.25) is 9.69 Å². The van der Waals surface area contributed by atoms with Gasteiger partial charge in [-0.2, -0.15) is 0 Å². The lowest BCUT2D eigenvalue weighted by molar-refractivity contribution is -0.145. The van der Waals surface area contributed by atoms with Crippen LogP contribution in [-0.2, 0) is 14.3 Å². The maximum Gasteiger partial charge on any atom is 0.323 e. The minimum Gasteiger partial charge on any atom is -0.468 e. The van der Waals surface area contributed by atoms with Gasteiger partial charge in [0.15, 0.2) is 0 Å². The third-order valence-corrected chi connectivity index (χ3v) is 2.32. The average molecular weight is 173 g/mol. The number of hydrogen-bond donors (Lipinski definition) is 0. The summed E-state index contributed by atoms with van der Waals surface area (Å²) in [6, 6.07) is -0.125. The zero-order valence-electron chi connectivity index (χ0n) is 7.74. The molecule has 12 heavy (non-hydrogen) atoms. The molecule has 4 nitrogen and oxygen atoms in total. The second-order valence-electron chi connectivity index (χ2n) is 3.07. The molecule has 0 spiro atoms. The van der Waals surface area contributed by atoms with E-state index in [1.165, 1.54) is 7.11 Å². The van der Waals surface area contributed by atoms with Crippen LogP contribution in [0.25, 0.3) is 0 Å². The van der Waals surface area contributed by atoms with Crippen LogP contribution in [0.4, 0.5) is 0 Å². The number of methoxy groups -OCH3 is 2. The van der Waals surface area contributed by atoms with Crippen molar-refractivity contribution >= 4 is 5.97 Å². The molecule has 1 fully saturated rings. The molecule has 0 amide bonds. The summed E-state index contributed by atoms with van der Waals surface area (Å²) >= 11 is 0. The van der Waals surface area contributed by atoms with Gasteiger partial charge in [-0.15, -0.1) is 0 Å². The van der Waals surface area contributed by atoms with Crippen molar-refractivity contribution in [3.8, 4) is 0 Å². The first-order valence-corrected chi connectivity index (χ1v) is 4.00. The van der Waals surface area contributed by atoms with Gasteiger partial charge in [0.05, 0.1) is 13.2 Å². The number of likely N-dealkylation sites (tertiary alicyclic amines) is 1. The molecule has 0 radical (unpaired) electrons. The molecule has 1 aliphatic rings. The number of rotatable bonds is 2. The van der Waals surface area contributed by atoms with Crippen molar-refractivity contribution in [2.24, 2.45) is 0 Å². The number of carbonyl (C=O) groups is 1. The molecule has 0 N–H and O–H groups in total. The smallest absolute Gasteiger partial charge is 0.323 e.